The number of benzene rings is 1. The van der Waals surface area contributed by atoms with Gasteiger partial charge in [-0.3, -0.25) is 0 Å². The van der Waals surface area contributed by atoms with Gasteiger partial charge in [0.15, 0.2) is 23.2 Å². The van der Waals surface area contributed by atoms with Gasteiger partial charge in [0, 0.05) is 12.6 Å². The molecule has 8 heteroatoms. The number of nitrogens with one attached hydrogen (secondary N) is 2. The number of aliphatic imine (C=N–C) groups is 1. The maximum absolute atomic E-state index is 5.61. The lowest BCUT2D eigenvalue weighted by Crippen LogP contribution is -2.37. The molecule has 3 rings (SSSR count). The molecule has 1 aliphatic heterocycles. The fourth-order valence-corrected chi connectivity index (χ4v) is 2.37. The summed E-state index contributed by atoms with van der Waals surface area (Å²) < 4.78 is 16.3. The zero-order valence-corrected chi connectivity index (χ0v) is 17.0. The van der Waals surface area contributed by atoms with Gasteiger partial charge >= 0.3 is 0 Å². The molecule has 1 aliphatic rings. The molecule has 0 amide bonds. The predicted octanol–water partition coefficient (Wildman–Crippen LogP) is 2.79. The molecule has 0 spiro atoms. The number of guanidine groups is 1. The van der Waals surface area contributed by atoms with Crippen molar-refractivity contribution >= 4 is 29.9 Å². The standard InChI is InChI=1S/C18H22N4O3.HI/c1-3-6-19-18(21-12-15-9-13(2)22-25-15)20-11-14-4-5-16-17(10-14)24-8-7-23-16;/h3-5,9-10H,1,6-8,11-12H2,2H3,(H2,19,20,21);1H. The number of rotatable bonds is 6. The van der Waals surface area contributed by atoms with E-state index >= 15 is 0 Å². The molecule has 0 saturated heterocycles. The van der Waals surface area contributed by atoms with Crippen LogP contribution in [0.1, 0.15) is 17.0 Å². The lowest BCUT2D eigenvalue weighted by Gasteiger charge is -2.18. The monoisotopic (exact) mass is 470 g/mol. The van der Waals surface area contributed by atoms with Crippen LogP contribution in [0.2, 0.25) is 0 Å². The SMILES string of the molecule is C=CCNC(=NCc1ccc2c(c1)OCCO2)NCc1cc(C)no1.I. The summed E-state index contributed by atoms with van der Waals surface area (Å²) in [6.07, 6.45) is 1.78. The minimum absolute atomic E-state index is 0. The zero-order valence-electron chi connectivity index (χ0n) is 14.7. The van der Waals surface area contributed by atoms with Gasteiger partial charge in [-0.05, 0) is 24.6 Å². The van der Waals surface area contributed by atoms with Gasteiger partial charge < -0.3 is 24.6 Å². The molecule has 26 heavy (non-hydrogen) atoms. The second-order valence-corrected chi connectivity index (χ2v) is 5.60. The maximum atomic E-state index is 5.61. The molecule has 0 saturated carbocycles. The average Bonchev–Trinajstić information content (AvgIpc) is 3.06. The van der Waals surface area contributed by atoms with Gasteiger partial charge in [0.05, 0.1) is 18.8 Å². The Kier molecular flexibility index (Phi) is 7.76. The number of aryl methyl sites for hydroxylation is 1. The van der Waals surface area contributed by atoms with E-state index in [-0.39, 0.29) is 24.0 Å². The third kappa shape index (κ3) is 5.65. The first-order valence-corrected chi connectivity index (χ1v) is 8.18. The first kappa shape index (κ1) is 20.1. The topological polar surface area (TPSA) is 80.9 Å². The minimum Gasteiger partial charge on any atom is -0.486 e. The van der Waals surface area contributed by atoms with Gasteiger partial charge in [-0.25, -0.2) is 4.99 Å². The molecule has 0 radical (unpaired) electrons. The lowest BCUT2D eigenvalue weighted by molar-refractivity contribution is 0.171. The number of hydrogen-bond acceptors (Lipinski definition) is 5. The summed E-state index contributed by atoms with van der Waals surface area (Å²) >= 11 is 0. The highest BCUT2D eigenvalue weighted by molar-refractivity contribution is 14.0. The van der Waals surface area contributed by atoms with Crippen LogP contribution >= 0.6 is 24.0 Å². The Morgan fingerprint density at radius 3 is 2.77 bits per heavy atom. The fraction of sp³-hybridized carbons (Fsp3) is 0.333. The van der Waals surface area contributed by atoms with Crippen LogP contribution in [-0.4, -0.2) is 30.9 Å². The number of halogens is 1. The molecule has 0 atom stereocenters. The van der Waals surface area contributed by atoms with Crippen molar-refractivity contribution in [2.45, 2.75) is 20.0 Å². The van der Waals surface area contributed by atoms with Crippen molar-refractivity contribution in [3.8, 4) is 11.5 Å². The summed E-state index contributed by atoms with van der Waals surface area (Å²) in [5.74, 6) is 2.97. The van der Waals surface area contributed by atoms with Crippen LogP contribution in [0, 0.1) is 6.92 Å². The van der Waals surface area contributed by atoms with Crippen molar-refractivity contribution in [1.29, 1.82) is 0 Å². The van der Waals surface area contributed by atoms with Crippen molar-refractivity contribution in [3.05, 3.63) is 53.9 Å². The highest BCUT2D eigenvalue weighted by atomic mass is 127. The third-order valence-electron chi connectivity index (χ3n) is 3.55. The molecule has 2 heterocycles. The minimum atomic E-state index is 0. The summed E-state index contributed by atoms with van der Waals surface area (Å²) in [5.41, 5.74) is 1.89. The van der Waals surface area contributed by atoms with Crippen LogP contribution in [0.15, 0.2) is 46.4 Å². The van der Waals surface area contributed by atoms with Crippen molar-refractivity contribution in [3.63, 3.8) is 0 Å². The van der Waals surface area contributed by atoms with Gasteiger partial charge in [0.25, 0.3) is 0 Å². The lowest BCUT2D eigenvalue weighted by atomic mass is 10.2. The molecule has 2 aromatic rings. The predicted molar refractivity (Wildman–Crippen MR) is 110 cm³/mol. The molecule has 1 aromatic heterocycles. The summed E-state index contributed by atoms with van der Waals surface area (Å²) in [4.78, 5) is 4.59. The van der Waals surface area contributed by atoms with Crippen LogP contribution in [0.25, 0.3) is 0 Å². The summed E-state index contributed by atoms with van der Waals surface area (Å²) in [6.45, 7) is 8.40. The number of hydrogen-bond donors (Lipinski definition) is 2. The highest BCUT2D eigenvalue weighted by Gasteiger charge is 2.11. The van der Waals surface area contributed by atoms with E-state index in [1.807, 2.05) is 31.2 Å². The van der Waals surface area contributed by atoms with Crippen LogP contribution < -0.4 is 20.1 Å². The van der Waals surface area contributed by atoms with E-state index in [0.717, 1.165) is 28.5 Å². The quantitative estimate of drug-likeness (QED) is 0.293. The number of fused-ring (bicyclic) bond motifs is 1. The largest absolute Gasteiger partial charge is 0.486 e. The molecule has 0 aliphatic carbocycles. The molecule has 1 aromatic carbocycles. The molecular formula is C18H23IN4O3. The summed E-state index contributed by atoms with van der Waals surface area (Å²) in [6, 6.07) is 7.75. The molecule has 140 valence electrons. The number of ether oxygens (including phenoxy) is 2. The third-order valence-corrected chi connectivity index (χ3v) is 3.55. The van der Waals surface area contributed by atoms with E-state index in [0.29, 0.717) is 38.8 Å². The van der Waals surface area contributed by atoms with E-state index in [2.05, 4.69) is 27.4 Å². The van der Waals surface area contributed by atoms with Crippen molar-refractivity contribution in [2.24, 2.45) is 4.99 Å². The Balaban J connectivity index is 0.00000243. The van der Waals surface area contributed by atoms with Crippen LogP contribution in [0.4, 0.5) is 0 Å². The van der Waals surface area contributed by atoms with Gasteiger partial charge in [0.2, 0.25) is 0 Å². The van der Waals surface area contributed by atoms with Crippen molar-refractivity contribution in [1.82, 2.24) is 15.8 Å². The Hall–Kier alpha value is -2.23. The van der Waals surface area contributed by atoms with Crippen LogP contribution in [-0.2, 0) is 13.1 Å². The Morgan fingerprint density at radius 2 is 2.04 bits per heavy atom. The van der Waals surface area contributed by atoms with E-state index in [9.17, 15) is 0 Å². The molecule has 7 nitrogen and oxygen atoms in total. The second kappa shape index (κ2) is 10.0. The Bertz CT molecular complexity index is 761. The summed E-state index contributed by atoms with van der Waals surface area (Å²) in [7, 11) is 0. The first-order valence-electron chi connectivity index (χ1n) is 8.18. The van der Waals surface area contributed by atoms with Gasteiger partial charge in [0.1, 0.15) is 13.2 Å². The fourth-order valence-electron chi connectivity index (χ4n) is 2.37. The highest BCUT2D eigenvalue weighted by Crippen LogP contribution is 2.30. The van der Waals surface area contributed by atoms with E-state index in [1.54, 1.807) is 6.08 Å². The summed E-state index contributed by atoms with van der Waals surface area (Å²) in [5, 5.41) is 10.3. The number of nitrogens with zero attached hydrogens (tertiary/aromatic N) is 2. The van der Waals surface area contributed by atoms with E-state index in [1.165, 1.54) is 0 Å². The normalized spacial score (nSPS) is 12.9. The molecule has 0 unspecified atom stereocenters. The van der Waals surface area contributed by atoms with Gasteiger partial charge in [-0.1, -0.05) is 17.3 Å². The molecule has 0 fully saturated rings. The Labute approximate surface area is 169 Å². The van der Waals surface area contributed by atoms with Crippen molar-refractivity contribution < 1.29 is 14.0 Å². The average molecular weight is 470 g/mol. The molecular weight excluding hydrogens is 447 g/mol. The van der Waals surface area contributed by atoms with Crippen LogP contribution in [0.5, 0.6) is 11.5 Å². The van der Waals surface area contributed by atoms with Crippen molar-refractivity contribution in [2.75, 3.05) is 19.8 Å². The maximum Gasteiger partial charge on any atom is 0.192 e. The van der Waals surface area contributed by atoms with E-state index in [4.69, 9.17) is 14.0 Å². The zero-order chi connectivity index (χ0) is 17.5. The van der Waals surface area contributed by atoms with Gasteiger partial charge in [-0.2, -0.15) is 0 Å². The first-order chi connectivity index (χ1) is 12.2. The van der Waals surface area contributed by atoms with Gasteiger partial charge in [-0.15, -0.1) is 30.6 Å². The molecule has 0 bridgehead atoms. The van der Waals surface area contributed by atoms with E-state index < -0.39 is 0 Å². The molecule has 2 N–H and O–H groups in total. The number of aromatic nitrogens is 1. The smallest absolute Gasteiger partial charge is 0.192 e. The Morgan fingerprint density at radius 1 is 1.23 bits per heavy atom. The second-order valence-electron chi connectivity index (χ2n) is 5.60. The van der Waals surface area contributed by atoms with Crippen LogP contribution in [0.3, 0.4) is 0 Å².